The molecular formula is C10H10ClN3S. The summed E-state index contributed by atoms with van der Waals surface area (Å²) in [4.78, 5) is 8.36. The van der Waals surface area contributed by atoms with Gasteiger partial charge in [0.25, 0.3) is 0 Å². The van der Waals surface area contributed by atoms with Gasteiger partial charge in [-0.15, -0.1) is 11.3 Å². The van der Waals surface area contributed by atoms with E-state index in [2.05, 4.69) is 9.97 Å². The lowest BCUT2D eigenvalue weighted by molar-refractivity contribution is 0.693. The van der Waals surface area contributed by atoms with Crippen molar-refractivity contribution >= 4 is 22.9 Å². The fourth-order valence-electron chi connectivity index (χ4n) is 1.25. The van der Waals surface area contributed by atoms with Gasteiger partial charge in [-0.25, -0.2) is 4.98 Å². The normalized spacial score (nSPS) is 12.7. The molecule has 0 aliphatic rings. The quantitative estimate of drug-likeness (QED) is 0.895. The van der Waals surface area contributed by atoms with Crippen LogP contribution in [0.3, 0.4) is 0 Å². The predicted octanol–water partition coefficient (Wildman–Crippen LogP) is 2.43. The summed E-state index contributed by atoms with van der Waals surface area (Å²) in [6.07, 6.45) is 4.10. The van der Waals surface area contributed by atoms with E-state index in [4.69, 9.17) is 17.3 Å². The van der Waals surface area contributed by atoms with Gasteiger partial charge in [-0.3, -0.25) is 4.98 Å². The fourth-order valence-corrected chi connectivity index (χ4v) is 2.04. The van der Waals surface area contributed by atoms with Gasteiger partial charge in [0.05, 0.1) is 21.8 Å². The van der Waals surface area contributed by atoms with Crippen LogP contribution in [-0.4, -0.2) is 9.97 Å². The first-order valence-electron chi connectivity index (χ1n) is 4.51. The average Bonchev–Trinajstić information content (AvgIpc) is 2.71. The van der Waals surface area contributed by atoms with Crippen LogP contribution in [0.5, 0.6) is 0 Å². The van der Waals surface area contributed by atoms with Crippen molar-refractivity contribution < 1.29 is 0 Å². The molecule has 0 radical (unpaired) electrons. The van der Waals surface area contributed by atoms with Gasteiger partial charge in [-0.2, -0.15) is 0 Å². The molecule has 0 spiro atoms. The summed E-state index contributed by atoms with van der Waals surface area (Å²) < 4.78 is 0. The molecule has 0 saturated carbocycles. The Hall–Kier alpha value is -0.970. The second-order valence-corrected chi connectivity index (χ2v) is 4.55. The lowest BCUT2D eigenvalue weighted by Crippen LogP contribution is -2.14. The minimum Gasteiger partial charge on any atom is -0.322 e. The van der Waals surface area contributed by atoms with E-state index in [-0.39, 0.29) is 6.04 Å². The van der Waals surface area contributed by atoms with E-state index in [0.29, 0.717) is 11.4 Å². The second-order valence-electron chi connectivity index (χ2n) is 3.14. The van der Waals surface area contributed by atoms with E-state index < -0.39 is 0 Å². The second kappa shape index (κ2) is 4.70. The zero-order valence-electron chi connectivity index (χ0n) is 7.93. The summed E-state index contributed by atoms with van der Waals surface area (Å²) in [6, 6.07) is 3.53. The van der Waals surface area contributed by atoms with Crippen molar-refractivity contribution in [1.29, 1.82) is 0 Å². The van der Waals surface area contributed by atoms with E-state index in [0.717, 1.165) is 10.7 Å². The SMILES string of the molecule is NC(Cc1nccs1)c1ccc(Cl)cn1. The first-order chi connectivity index (χ1) is 7.25. The smallest absolute Gasteiger partial charge is 0.0944 e. The Kier molecular flexibility index (Phi) is 3.30. The Morgan fingerprint density at radius 1 is 1.40 bits per heavy atom. The molecule has 0 saturated heterocycles. The Morgan fingerprint density at radius 2 is 2.27 bits per heavy atom. The van der Waals surface area contributed by atoms with Gasteiger partial charge in [0.2, 0.25) is 0 Å². The summed E-state index contributed by atoms with van der Waals surface area (Å²) in [5.74, 6) is 0. The molecule has 0 aromatic carbocycles. The lowest BCUT2D eigenvalue weighted by Gasteiger charge is -2.08. The highest BCUT2D eigenvalue weighted by atomic mass is 35.5. The number of rotatable bonds is 3. The first-order valence-corrected chi connectivity index (χ1v) is 5.77. The third kappa shape index (κ3) is 2.75. The molecule has 15 heavy (non-hydrogen) atoms. The van der Waals surface area contributed by atoms with E-state index in [1.807, 2.05) is 11.4 Å². The molecule has 2 rings (SSSR count). The Morgan fingerprint density at radius 3 is 2.87 bits per heavy atom. The van der Waals surface area contributed by atoms with E-state index in [1.54, 1.807) is 29.8 Å². The van der Waals surface area contributed by atoms with Crippen LogP contribution in [-0.2, 0) is 6.42 Å². The Labute approximate surface area is 96.9 Å². The first kappa shape index (κ1) is 10.5. The van der Waals surface area contributed by atoms with Crippen LogP contribution >= 0.6 is 22.9 Å². The maximum atomic E-state index is 6.00. The molecular weight excluding hydrogens is 230 g/mol. The van der Waals surface area contributed by atoms with Crippen LogP contribution in [0.2, 0.25) is 5.02 Å². The number of aromatic nitrogens is 2. The van der Waals surface area contributed by atoms with E-state index in [9.17, 15) is 0 Å². The summed E-state index contributed by atoms with van der Waals surface area (Å²) in [7, 11) is 0. The third-order valence-corrected chi connectivity index (χ3v) is 3.03. The van der Waals surface area contributed by atoms with Gasteiger partial charge >= 0.3 is 0 Å². The molecule has 2 aromatic rings. The summed E-state index contributed by atoms with van der Waals surface area (Å²) in [5.41, 5.74) is 6.84. The number of pyridine rings is 1. The van der Waals surface area contributed by atoms with Crippen molar-refractivity contribution in [2.75, 3.05) is 0 Å². The maximum absolute atomic E-state index is 6.00. The topological polar surface area (TPSA) is 51.8 Å². The Balaban J connectivity index is 2.08. The number of hydrogen-bond acceptors (Lipinski definition) is 4. The molecule has 0 bridgehead atoms. The Bertz CT molecular complexity index is 413. The van der Waals surface area contributed by atoms with Crippen molar-refractivity contribution in [2.45, 2.75) is 12.5 Å². The highest BCUT2D eigenvalue weighted by Crippen LogP contribution is 2.17. The molecule has 78 valence electrons. The van der Waals surface area contributed by atoms with Crippen molar-refractivity contribution in [3.8, 4) is 0 Å². The van der Waals surface area contributed by atoms with Gasteiger partial charge in [-0.05, 0) is 12.1 Å². The molecule has 5 heteroatoms. The number of nitrogens with zero attached hydrogens (tertiary/aromatic N) is 2. The molecule has 0 aliphatic heterocycles. The lowest BCUT2D eigenvalue weighted by atomic mass is 10.1. The molecule has 3 nitrogen and oxygen atoms in total. The minimum absolute atomic E-state index is 0.117. The van der Waals surface area contributed by atoms with Crippen LogP contribution in [0.25, 0.3) is 0 Å². The number of hydrogen-bond donors (Lipinski definition) is 1. The number of nitrogens with two attached hydrogens (primary N) is 1. The van der Waals surface area contributed by atoms with Crippen LogP contribution in [0.4, 0.5) is 0 Å². The number of thiazole rings is 1. The van der Waals surface area contributed by atoms with Gasteiger partial charge in [0, 0.05) is 24.2 Å². The van der Waals surface area contributed by atoms with Crippen LogP contribution < -0.4 is 5.73 Å². The highest BCUT2D eigenvalue weighted by Gasteiger charge is 2.09. The van der Waals surface area contributed by atoms with E-state index >= 15 is 0 Å². The van der Waals surface area contributed by atoms with Gasteiger partial charge < -0.3 is 5.73 Å². The minimum atomic E-state index is -0.117. The van der Waals surface area contributed by atoms with Crippen LogP contribution in [0.1, 0.15) is 16.7 Å². The fraction of sp³-hybridized carbons (Fsp3) is 0.200. The molecule has 0 aliphatic carbocycles. The standard InChI is InChI=1S/C10H10ClN3S/c11-7-1-2-9(14-6-7)8(12)5-10-13-3-4-15-10/h1-4,6,8H,5,12H2. The molecule has 1 unspecified atom stereocenters. The summed E-state index contributed by atoms with van der Waals surface area (Å²) in [5, 5.41) is 3.59. The van der Waals surface area contributed by atoms with Gasteiger partial charge in [0.15, 0.2) is 0 Å². The zero-order valence-corrected chi connectivity index (χ0v) is 9.50. The molecule has 0 amide bonds. The highest BCUT2D eigenvalue weighted by molar-refractivity contribution is 7.09. The monoisotopic (exact) mass is 239 g/mol. The van der Waals surface area contributed by atoms with Crippen molar-refractivity contribution in [2.24, 2.45) is 5.73 Å². The summed E-state index contributed by atoms with van der Waals surface area (Å²) in [6.45, 7) is 0. The largest absolute Gasteiger partial charge is 0.322 e. The number of halogens is 1. The van der Waals surface area contributed by atoms with Crippen LogP contribution in [0.15, 0.2) is 29.9 Å². The zero-order chi connectivity index (χ0) is 10.7. The van der Waals surface area contributed by atoms with Crippen molar-refractivity contribution in [1.82, 2.24) is 9.97 Å². The molecule has 0 fully saturated rings. The van der Waals surface area contributed by atoms with Crippen LogP contribution in [0, 0.1) is 0 Å². The molecule has 2 heterocycles. The average molecular weight is 240 g/mol. The summed E-state index contributed by atoms with van der Waals surface area (Å²) >= 11 is 7.35. The van der Waals surface area contributed by atoms with Crippen molar-refractivity contribution in [3.63, 3.8) is 0 Å². The van der Waals surface area contributed by atoms with Gasteiger partial charge in [-0.1, -0.05) is 11.6 Å². The molecule has 1 atom stereocenters. The molecule has 2 N–H and O–H groups in total. The van der Waals surface area contributed by atoms with Crippen molar-refractivity contribution in [3.05, 3.63) is 45.6 Å². The third-order valence-electron chi connectivity index (χ3n) is 2.01. The maximum Gasteiger partial charge on any atom is 0.0944 e. The predicted molar refractivity (Wildman–Crippen MR) is 62.0 cm³/mol. The van der Waals surface area contributed by atoms with E-state index in [1.165, 1.54) is 0 Å². The molecule has 2 aromatic heterocycles. The van der Waals surface area contributed by atoms with Gasteiger partial charge in [0.1, 0.15) is 0 Å².